The van der Waals surface area contributed by atoms with Crippen molar-refractivity contribution in [3.63, 3.8) is 0 Å². The zero-order valence-electron chi connectivity index (χ0n) is 9.62. The third-order valence-electron chi connectivity index (χ3n) is 0. The van der Waals surface area contributed by atoms with E-state index >= 15 is 0 Å². The first-order valence-electron chi connectivity index (χ1n) is 4.09. The summed E-state index contributed by atoms with van der Waals surface area (Å²) in [7, 11) is 0. The minimum absolute atomic E-state index is 0. The molecule has 0 unspecified atom stereocenters. The van der Waals surface area contributed by atoms with Crippen LogP contribution >= 0.6 is 0 Å². The molecule has 1 radical (unpaired) electrons. The predicted octanol–water partition coefficient (Wildman–Crippen LogP) is -0.386. The summed E-state index contributed by atoms with van der Waals surface area (Å²) in [5, 5.41) is 30.3. The third kappa shape index (κ3) is 2140. The fraction of sp³-hybridized carbons (Fsp3) is 1.00. The predicted molar refractivity (Wildman–Crippen MR) is 56.8 cm³/mol. The molecule has 0 bridgehead atoms. The van der Waals surface area contributed by atoms with E-state index in [1.54, 1.807) is 27.7 Å². The van der Waals surface area contributed by atoms with Crippen LogP contribution in [0, 0.1) is 0 Å². The number of aliphatic hydroxyl groups excluding tert-OH is 4. The van der Waals surface area contributed by atoms with Crippen LogP contribution in [0.5, 0.6) is 0 Å². The number of hydrogen-bond donors (Lipinski definition) is 4. The molecule has 0 aliphatic carbocycles. The molecule has 13 heavy (non-hydrogen) atoms. The molecule has 0 amide bonds. The van der Waals surface area contributed by atoms with Crippen LogP contribution in [0.4, 0.5) is 0 Å². The van der Waals surface area contributed by atoms with Gasteiger partial charge < -0.3 is 20.4 Å². The molecule has 0 aliphatic rings. The van der Waals surface area contributed by atoms with Crippen molar-refractivity contribution in [3.05, 3.63) is 0 Å². The monoisotopic (exact) mass is 207 g/mol. The van der Waals surface area contributed by atoms with Crippen LogP contribution < -0.4 is 0 Å². The Kier molecular flexibility index (Phi) is 173. The first-order chi connectivity index (χ1) is 5.66. The average molecular weight is 207 g/mol. The molecule has 0 saturated carbocycles. The Labute approximate surface area is 104 Å². The van der Waals surface area contributed by atoms with Gasteiger partial charge in [-0.2, -0.15) is 0 Å². The van der Waals surface area contributed by atoms with Crippen LogP contribution in [0.25, 0.3) is 0 Å². The second-order valence-electron chi connectivity index (χ2n) is 1.26. The molecule has 0 rings (SSSR count). The molecule has 0 spiro atoms. The van der Waals surface area contributed by atoms with Crippen molar-refractivity contribution in [1.29, 1.82) is 0 Å². The Balaban J connectivity index is -0.0000000213. The Hall–Kier alpha value is 0.840. The molecule has 0 atom stereocenters. The van der Waals surface area contributed by atoms with Gasteiger partial charge in [-0.15, -0.1) is 0 Å². The van der Waals surface area contributed by atoms with Gasteiger partial charge in [-0.1, -0.05) is 0 Å². The van der Waals surface area contributed by atoms with Gasteiger partial charge >= 0.3 is 0 Å². The van der Waals surface area contributed by atoms with Gasteiger partial charge in [-0.05, 0) is 27.7 Å². The van der Waals surface area contributed by atoms with E-state index in [4.69, 9.17) is 20.4 Å². The topological polar surface area (TPSA) is 80.9 Å². The van der Waals surface area contributed by atoms with Crippen LogP contribution in [0.1, 0.15) is 27.7 Å². The molecular weight excluding hydrogens is 183 g/mol. The maximum Gasteiger partial charge on any atom is 0.0402 e. The smallest absolute Gasteiger partial charge is 0.0402 e. The minimum Gasteiger partial charge on any atom is -0.397 e. The maximum atomic E-state index is 7.57. The average Bonchev–Trinajstić information content (AvgIpc) is 1.92. The summed E-state index contributed by atoms with van der Waals surface area (Å²) in [6.45, 7) is 7.72. The molecule has 0 fully saturated rings. The van der Waals surface area contributed by atoms with Gasteiger partial charge in [0.15, 0.2) is 0 Å². The summed E-state index contributed by atoms with van der Waals surface area (Å²) in [5.41, 5.74) is 0. The van der Waals surface area contributed by atoms with Crippen LogP contribution in [-0.4, -0.2) is 76.4 Å². The van der Waals surface area contributed by atoms with E-state index in [2.05, 4.69) is 0 Å². The fourth-order valence-corrected chi connectivity index (χ4v) is 0. The van der Waals surface area contributed by atoms with E-state index < -0.39 is 0 Å². The van der Waals surface area contributed by atoms with Gasteiger partial charge in [0.05, 0.1) is 0 Å². The van der Waals surface area contributed by atoms with E-state index in [-0.39, 0.29) is 56.0 Å². The van der Waals surface area contributed by atoms with Crippen LogP contribution in [0.2, 0.25) is 0 Å². The molecule has 81 valence electrons. The van der Waals surface area contributed by atoms with E-state index in [9.17, 15) is 0 Å². The summed E-state index contributed by atoms with van der Waals surface area (Å²) in [5.74, 6) is 0. The summed E-state index contributed by atoms with van der Waals surface area (Å²) in [4.78, 5) is 0. The van der Waals surface area contributed by atoms with E-state index in [0.717, 1.165) is 0 Å². The Bertz CT molecular complexity index is 24.1. The van der Waals surface area contributed by atoms with Crippen molar-refractivity contribution < 1.29 is 20.4 Å². The van der Waals surface area contributed by atoms with Crippen molar-refractivity contribution in [2.45, 2.75) is 27.7 Å². The molecule has 0 heterocycles. The zero-order valence-corrected chi connectivity index (χ0v) is 11.6. The van der Waals surface area contributed by atoms with Crippen molar-refractivity contribution in [1.82, 2.24) is 0 Å². The summed E-state index contributed by atoms with van der Waals surface area (Å²) < 4.78 is 0. The molecule has 0 aliphatic heterocycles. The Morgan fingerprint density at radius 1 is 0.538 bits per heavy atom. The van der Waals surface area contributed by atoms with Gasteiger partial charge in [-0.3, -0.25) is 0 Å². The maximum absolute atomic E-state index is 7.57. The molecule has 4 N–H and O–H groups in total. The van der Waals surface area contributed by atoms with Crippen molar-refractivity contribution in [2.75, 3.05) is 26.4 Å². The Morgan fingerprint density at radius 3 is 0.538 bits per heavy atom. The second kappa shape index (κ2) is 76.8. The summed E-state index contributed by atoms with van der Waals surface area (Å²) >= 11 is 0. The van der Waals surface area contributed by atoms with Gasteiger partial charge in [-0.25, -0.2) is 0 Å². The number of rotatable bonds is 0. The fourth-order valence-electron chi connectivity index (χ4n) is 0. The van der Waals surface area contributed by atoms with Crippen LogP contribution in [-0.2, 0) is 0 Å². The molecule has 0 aromatic rings. The van der Waals surface area contributed by atoms with Crippen LogP contribution in [0.15, 0.2) is 0 Å². The first kappa shape index (κ1) is 29.2. The van der Waals surface area contributed by atoms with Gasteiger partial charge in [0.2, 0.25) is 0 Å². The minimum atomic E-state index is 0. The zero-order chi connectivity index (χ0) is 10.8. The quantitative estimate of drug-likeness (QED) is 0.408. The molecule has 5 heteroatoms. The van der Waals surface area contributed by atoms with Crippen molar-refractivity contribution >= 4 is 29.6 Å². The molecule has 4 nitrogen and oxygen atoms in total. The molecule has 0 aromatic carbocycles. The molecule has 0 aromatic heterocycles. The van der Waals surface area contributed by atoms with E-state index in [1.165, 1.54) is 0 Å². The van der Waals surface area contributed by atoms with Gasteiger partial charge in [0.1, 0.15) is 0 Å². The second-order valence-corrected chi connectivity index (χ2v) is 1.26. The summed E-state index contributed by atoms with van der Waals surface area (Å²) in [6, 6.07) is 0. The Morgan fingerprint density at radius 2 is 0.538 bits per heavy atom. The normalized spacial score (nSPS) is 5.54. The first-order valence-corrected chi connectivity index (χ1v) is 4.09. The standard InChI is InChI=1S/4C2H6O.Na/c4*1-2-3;/h4*3H,2H2,1H3;. The summed E-state index contributed by atoms with van der Waals surface area (Å²) in [6.07, 6.45) is 0. The third-order valence-corrected chi connectivity index (χ3v) is 0. The molecular formula is C8H24NaO4. The molecule has 0 saturated heterocycles. The van der Waals surface area contributed by atoms with Crippen molar-refractivity contribution in [2.24, 2.45) is 0 Å². The largest absolute Gasteiger partial charge is 0.397 e. The van der Waals surface area contributed by atoms with Crippen molar-refractivity contribution in [3.8, 4) is 0 Å². The van der Waals surface area contributed by atoms with E-state index in [1.807, 2.05) is 0 Å². The van der Waals surface area contributed by atoms with Gasteiger partial charge in [0.25, 0.3) is 0 Å². The SMILES string of the molecule is CCO.CCO.CCO.CCO.[Na]. The number of hydrogen-bond acceptors (Lipinski definition) is 4. The number of aliphatic hydroxyl groups is 4. The van der Waals surface area contributed by atoms with Gasteiger partial charge in [0, 0.05) is 56.0 Å². The van der Waals surface area contributed by atoms with Crippen LogP contribution in [0.3, 0.4) is 0 Å². The van der Waals surface area contributed by atoms with E-state index in [0.29, 0.717) is 0 Å².